The van der Waals surface area contributed by atoms with Crippen molar-refractivity contribution in [2.45, 2.75) is 0 Å². The molecule has 0 bridgehead atoms. The second-order valence-corrected chi connectivity index (χ2v) is 1.56. The lowest BCUT2D eigenvalue weighted by Gasteiger charge is -1.93. The first-order chi connectivity index (χ1) is 4.34. The van der Waals surface area contributed by atoms with Crippen molar-refractivity contribution in [2.24, 2.45) is 10.2 Å². The fourth-order valence-corrected chi connectivity index (χ4v) is 0.517. The van der Waals surface area contributed by atoms with Gasteiger partial charge in [-0.05, 0) is 0 Å². The average Bonchev–Trinajstić information content (AvgIpc) is 2.37. The Kier molecular flexibility index (Phi) is 1.58. The zero-order chi connectivity index (χ0) is 6.69. The van der Waals surface area contributed by atoms with Gasteiger partial charge in [0.05, 0.1) is 25.4 Å². The predicted molar refractivity (Wildman–Crippen MR) is 29.8 cm³/mol. The molecule has 0 atom stereocenters. The summed E-state index contributed by atoms with van der Waals surface area (Å²) in [6, 6.07) is 0. The van der Waals surface area contributed by atoms with Gasteiger partial charge in [0.25, 0.3) is 0 Å². The van der Waals surface area contributed by atoms with Crippen LogP contribution in [0.3, 0.4) is 0 Å². The molecule has 0 N–H and O–H groups in total. The number of hydrogen-bond donors (Lipinski definition) is 0. The first kappa shape index (κ1) is 5.94. The van der Waals surface area contributed by atoms with Gasteiger partial charge in [0.1, 0.15) is 0 Å². The highest BCUT2D eigenvalue weighted by molar-refractivity contribution is 5.89. The van der Waals surface area contributed by atoms with E-state index in [9.17, 15) is 4.79 Å². The fourth-order valence-electron chi connectivity index (χ4n) is 0.517. The highest BCUT2D eigenvalue weighted by Crippen LogP contribution is 2.05. The molecular formula is C5H6N2O2. The molecule has 48 valence electrons. The van der Waals surface area contributed by atoms with E-state index < -0.39 is 0 Å². The summed E-state index contributed by atoms with van der Waals surface area (Å²) in [6.07, 6.45) is 1.41. The summed E-state index contributed by atoms with van der Waals surface area (Å²) in [6.45, 7) is 0.354. The van der Waals surface area contributed by atoms with Crippen molar-refractivity contribution in [3.63, 3.8) is 0 Å². The maximum Gasteiger partial charge on any atom is 0.337 e. The Hall–Kier alpha value is -1.19. The van der Waals surface area contributed by atoms with Gasteiger partial charge in [-0.1, -0.05) is 0 Å². The molecule has 0 amide bonds. The Bertz CT molecular complexity index is 183. The quantitative estimate of drug-likeness (QED) is 0.480. The molecule has 4 nitrogen and oxygen atoms in total. The minimum absolute atomic E-state index is 0.347. The second-order valence-electron chi connectivity index (χ2n) is 1.56. The van der Waals surface area contributed by atoms with E-state index in [4.69, 9.17) is 0 Å². The molecule has 4 heteroatoms. The van der Waals surface area contributed by atoms with Gasteiger partial charge in [0.2, 0.25) is 0 Å². The zero-order valence-electron chi connectivity index (χ0n) is 5.00. The third-order valence-electron chi connectivity index (χ3n) is 0.984. The summed E-state index contributed by atoms with van der Waals surface area (Å²) < 4.78 is 4.41. The third-order valence-corrected chi connectivity index (χ3v) is 0.984. The van der Waals surface area contributed by atoms with Crippen LogP contribution in [0.25, 0.3) is 0 Å². The summed E-state index contributed by atoms with van der Waals surface area (Å²) in [5.74, 6) is -0.347. The number of carbonyl (C=O) groups is 1. The molecule has 1 aliphatic rings. The average molecular weight is 126 g/mol. The van der Waals surface area contributed by atoms with E-state index in [1.165, 1.54) is 13.3 Å². The highest BCUT2D eigenvalue weighted by atomic mass is 16.5. The molecule has 0 aromatic rings. The van der Waals surface area contributed by atoms with Crippen molar-refractivity contribution in [3.8, 4) is 0 Å². The van der Waals surface area contributed by atoms with Crippen molar-refractivity contribution >= 4 is 5.97 Å². The first-order valence-corrected chi connectivity index (χ1v) is 2.48. The fraction of sp³-hybridized carbons (Fsp3) is 0.400. The summed E-state index contributed by atoms with van der Waals surface area (Å²) in [5.41, 5.74) is 0.512. The Morgan fingerprint density at radius 2 is 2.67 bits per heavy atom. The second kappa shape index (κ2) is 2.39. The Morgan fingerprint density at radius 1 is 1.89 bits per heavy atom. The van der Waals surface area contributed by atoms with E-state index in [0.717, 1.165) is 0 Å². The molecule has 0 saturated carbocycles. The van der Waals surface area contributed by atoms with E-state index in [1.54, 1.807) is 0 Å². The molecule has 0 saturated heterocycles. The Morgan fingerprint density at radius 3 is 3.11 bits per heavy atom. The molecule has 0 aliphatic carbocycles. The molecule has 9 heavy (non-hydrogen) atoms. The molecule has 0 aromatic carbocycles. The first-order valence-electron chi connectivity index (χ1n) is 2.48. The molecule has 0 radical (unpaired) electrons. The van der Waals surface area contributed by atoms with Gasteiger partial charge in [-0.3, -0.25) is 0 Å². The minimum atomic E-state index is -0.347. The lowest BCUT2D eigenvalue weighted by molar-refractivity contribution is -0.136. The largest absolute Gasteiger partial charge is 0.466 e. The molecule has 1 aliphatic heterocycles. The van der Waals surface area contributed by atoms with E-state index in [0.29, 0.717) is 12.1 Å². The summed E-state index contributed by atoms with van der Waals surface area (Å²) in [4.78, 5) is 10.6. The molecule has 0 fully saturated rings. The van der Waals surface area contributed by atoms with Gasteiger partial charge >= 0.3 is 5.97 Å². The summed E-state index contributed by atoms with van der Waals surface area (Å²) >= 11 is 0. The number of nitrogens with zero attached hydrogens (tertiary/aromatic N) is 2. The summed E-state index contributed by atoms with van der Waals surface area (Å²) in [7, 11) is 1.33. The number of carbonyl (C=O) groups excluding carboxylic acids is 1. The van der Waals surface area contributed by atoms with E-state index >= 15 is 0 Å². The Balaban J connectivity index is 2.55. The van der Waals surface area contributed by atoms with Crippen molar-refractivity contribution in [3.05, 3.63) is 11.8 Å². The standard InChI is InChI=1S/C5H6N2O2/c1-9-5(8)4-2-6-7-3-4/h2H,3H2,1H3. The maximum atomic E-state index is 10.6. The number of azo groups is 1. The van der Waals surface area contributed by atoms with Gasteiger partial charge < -0.3 is 4.74 Å². The van der Waals surface area contributed by atoms with Gasteiger partial charge in [0.15, 0.2) is 0 Å². The van der Waals surface area contributed by atoms with E-state index in [2.05, 4.69) is 15.0 Å². The van der Waals surface area contributed by atoms with Crippen molar-refractivity contribution in [2.75, 3.05) is 13.7 Å². The van der Waals surface area contributed by atoms with Gasteiger partial charge in [-0.25, -0.2) is 4.79 Å². The molecule has 0 unspecified atom stereocenters. The van der Waals surface area contributed by atoms with Crippen LogP contribution in [0.1, 0.15) is 0 Å². The lowest BCUT2D eigenvalue weighted by atomic mass is 10.3. The van der Waals surface area contributed by atoms with Crippen LogP contribution in [0.5, 0.6) is 0 Å². The number of methoxy groups -OCH3 is 1. The number of rotatable bonds is 1. The smallest absolute Gasteiger partial charge is 0.337 e. The monoisotopic (exact) mass is 126 g/mol. The van der Waals surface area contributed by atoms with E-state index in [-0.39, 0.29) is 5.97 Å². The maximum absolute atomic E-state index is 10.6. The number of esters is 1. The van der Waals surface area contributed by atoms with Crippen LogP contribution in [0.4, 0.5) is 0 Å². The van der Waals surface area contributed by atoms with Crippen molar-refractivity contribution < 1.29 is 9.53 Å². The SMILES string of the molecule is COC(=O)C1=CN=NC1. The highest BCUT2D eigenvalue weighted by Gasteiger charge is 2.10. The number of ether oxygens (including phenoxy) is 1. The van der Waals surface area contributed by atoms with Gasteiger partial charge in [-0.2, -0.15) is 10.2 Å². The van der Waals surface area contributed by atoms with Crippen LogP contribution in [-0.2, 0) is 9.53 Å². The topological polar surface area (TPSA) is 51.0 Å². The molecule has 0 spiro atoms. The van der Waals surface area contributed by atoms with Crippen molar-refractivity contribution in [1.29, 1.82) is 0 Å². The summed E-state index contributed by atoms with van der Waals surface area (Å²) in [5, 5.41) is 7.06. The zero-order valence-corrected chi connectivity index (χ0v) is 5.00. The van der Waals surface area contributed by atoms with Crippen LogP contribution < -0.4 is 0 Å². The molecule has 0 aromatic heterocycles. The molecule has 1 rings (SSSR count). The van der Waals surface area contributed by atoms with Crippen LogP contribution in [0.2, 0.25) is 0 Å². The lowest BCUT2D eigenvalue weighted by Crippen LogP contribution is -2.04. The van der Waals surface area contributed by atoms with Crippen LogP contribution >= 0.6 is 0 Å². The van der Waals surface area contributed by atoms with Gasteiger partial charge in [-0.15, -0.1) is 0 Å². The molecule has 1 heterocycles. The van der Waals surface area contributed by atoms with Crippen molar-refractivity contribution in [1.82, 2.24) is 0 Å². The normalized spacial score (nSPS) is 15.4. The predicted octanol–water partition coefficient (Wildman–Crippen LogP) is 0.509. The number of hydrogen-bond acceptors (Lipinski definition) is 4. The van der Waals surface area contributed by atoms with Crippen LogP contribution in [0, 0.1) is 0 Å². The van der Waals surface area contributed by atoms with Gasteiger partial charge in [0, 0.05) is 0 Å². The Labute approximate surface area is 52.2 Å². The van der Waals surface area contributed by atoms with E-state index in [1.807, 2.05) is 0 Å². The third kappa shape index (κ3) is 1.13. The minimum Gasteiger partial charge on any atom is -0.466 e. The molecular weight excluding hydrogens is 120 g/mol. The van der Waals surface area contributed by atoms with Crippen LogP contribution in [0.15, 0.2) is 22.0 Å². The van der Waals surface area contributed by atoms with Crippen LogP contribution in [-0.4, -0.2) is 19.6 Å².